The first-order valence-corrected chi connectivity index (χ1v) is 10.7. The summed E-state index contributed by atoms with van der Waals surface area (Å²) in [6.07, 6.45) is 1.41. The van der Waals surface area contributed by atoms with Gasteiger partial charge in [-0.25, -0.2) is 13.1 Å². The Morgan fingerprint density at radius 2 is 2.04 bits per heavy atom. The van der Waals surface area contributed by atoms with Crippen molar-refractivity contribution in [3.8, 4) is 0 Å². The van der Waals surface area contributed by atoms with E-state index in [-0.39, 0.29) is 17.5 Å². The van der Waals surface area contributed by atoms with Gasteiger partial charge in [-0.05, 0) is 30.7 Å². The first-order chi connectivity index (χ1) is 11.9. The van der Waals surface area contributed by atoms with E-state index in [1.165, 1.54) is 5.56 Å². The average Bonchev–Trinajstić information content (AvgIpc) is 3.08. The van der Waals surface area contributed by atoms with Crippen molar-refractivity contribution < 1.29 is 8.42 Å². The molecule has 2 aromatic rings. The smallest absolute Gasteiger partial charge is 0.198 e. The highest BCUT2D eigenvalue weighted by atomic mass is 32.2. The van der Waals surface area contributed by atoms with E-state index in [0.29, 0.717) is 17.9 Å². The molecule has 0 aliphatic carbocycles. The van der Waals surface area contributed by atoms with Gasteiger partial charge in [0.05, 0.1) is 18.2 Å². The predicted octanol–water partition coefficient (Wildman–Crippen LogP) is 2.01. The number of nitrogens with zero attached hydrogens (tertiary/aromatic N) is 4. The highest BCUT2D eigenvalue weighted by Gasteiger charge is 2.32. The summed E-state index contributed by atoms with van der Waals surface area (Å²) in [5.41, 5.74) is 1.19. The van der Waals surface area contributed by atoms with Crippen molar-refractivity contribution in [3.05, 3.63) is 46.5 Å². The van der Waals surface area contributed by atoms with Gasteiger partial charge in [-0.3, -0.25) is 4.90 Å². The van der Waals surface area contributed by atoms with Gasteiger partial charge in [0.15, 0.2) is 14.6 Å². The maximum absolute atomic E-state index is 11.8. The van der Waals surface area contributed by atoms with Crippen molar-refractivity contribution >= 4 is 22.1 Å². The standard InChI is InChI=1S/C17H24N4O2S2/c1-3-20(15-9-10-25(22,23)12-15)13-21-17(24)19(2)16(18-21)11-14-7-5-4-6-8-14/h4-8,15H,3,9-13H2,1-2H3/t15-/m0/s1. The van der Waals surface area contributed by atoms with Crippen LogP contribution in [-0.2, 0) is 30.0 Å². The molecule has 0 saturated carbocycles. The minimum Gasteiger partial charge on any atom is -0.307 e. The van der Waals surface area contributed by atoms with Gasteiger partial charge in [-0.1, -0.05) is 37.3 Å². The van der Waals surface area contributed by atoms with Crippen LogP contribution in [0.2, 0.25) is 0 Å². The monoisotopic (exact) mass is 380 g/mol. The zero-order valence-electron chi connectivity index (χ0n) is 14.6. The molecular weight excluding hydrogens is 356 g/mol. The lowest BCUT2D eigenvalue weighted by Gasteiger charge is -2.26. The Balaban J connectivity index is 1.78. The minimum absolute atomic E-state index is 0.0523. The fourth-order valence-electron chi connectivity index (χ4n) is 3.27. The zero-order valence-corrected chi connectivity index (χ0v) is 16.3. The van der Waals surface area contributed by atoms with Crippen molar-refractivity contribution in [1.82, 2.24) is 19.2 Å². The van der Waals surface area contributed by atoms with Crippen molar-refractivity contribution in [3.63, 3.8) is 0 Å². The Bertz CT molecular complexity index is 887. The van der Waals surface area contributed by atoms with Crippen molar-refractivity contribution in [2.45, 2.75) is 32.5 Å². The van der Waals surface area contributed by atoms with Crippen LogP contribution < -0.4 is 0 Å². The highest BCUT2D eigenvalue weighted by molar-refractivity contribution is 7.91. The molecule has 0 N–H and O–H groups in total. The molecule has 1 aliphatic heterocycles. The third-order valence-corrected chi connectivity index (χ3v) is 7.02. The summed E-state index contributed by atoms with van der Waals surface area (Å²) < 4.78 is 27.9. The Labute approximate surface area is 154 Å². The molecule has 1 aliphatic rings. The fraction of sp³-hybridized carbons (Fsp3) is 0.529. The van der Waals surface area contributed by atoms with Gasteiger partial charge in [-0.2, -0.15) is 5.10 Å². The Morgan fingerprint density at radius 3 is 2.64 bits per heavy atom. The normalized spacial score (nSPS) is 19.6. The molecule has 1 saturated heterocycles. The average molecular weight is 381 g/mol. The molecule has 0 unspecified atom stereocenters. The molecule has 1 atom stereocenters. The summed E-state index contributed by atoms with van der Waals surface area (Å²) in [5, 5.41) is 4.68. The molecule has 3 rings (SSSR count). The molecule has 0 spiro atoms. The van der Waals surface area contributed by atoms with E-state index < -0.39 is 9.84 Å². The first-order valence-electron chi connectivity index (χ1n) is 8.50. The lowest BCUT2D eigenvalue weighted by Crippen LogP contribution is -2.37. The second kappa shape index (κ2) is 7.39. The highest BCUT2D eigenvalue weighted by Crippen LogP contribution is 2.18. The van der Waals surface area contributed by atoms with Crippen LogP contribution in [0.4, 0.5) is 0 Å². The molecule has 1 fully saturated rings. The van der Waals surface area contributed by atoms with E-state index in [1.54, 1.807) is 0 Å². The molecule has 8 heteroatoms. The Hall–Kier alpha value is -1.51. The summed E-state index contributed by atoms with van der Waals surface area (Å²) in [4.78, 5) is 2.15. The third kappa shape index (κ3) is 4.19. The molecule has 2 heterocycles. The number of hydrogen-bond acceptors (Lipinski definition) is 5. The zero-order chi connectivity index (χ0) is 18.0. The van der Waals surface area contributed by atoms with Crippen LogP contribution in [0.15, 0.2) is 30.3 Å². The first kappa shape index (κ1) is 18.3. The lowest BCUT2D eigenvalue weighted by atomic mass is 10.1. The molecule has 0 amide bonds. The van der Waals surface area contributed by atoms with Gasteiger partial charge in [0.1, 0.15) is 5.82 Å². The molecule has 0 radical (unpaired) electrons. The minimum atomic E-state index is -2.90. The van der Waals surface area contributed by atoms with Gasteiger partial charge >= 0.3 is 0 Å². The van der Waals surface area contributed by atoms with Crippen molar-refractivity contribution in [2.24, 2.45) is 7.05 Å². The third-order valence-electron chi connectivity index (χ3n) is 4.78. The largest absolute Gasteiger partial charge is 0.307 e. The maximum atomic E-state index is 11.8. The molecule has 0 bridgehead atoms. The Morgan fingerprint density at radius 1 is 1.32 bits per heavy atom. The Kier molecular flexibility index (Phi) is 5.41. The maximum Gasteiger partial charge on any atom is 0.198 e. The molecular formula is C17H24N4O2S2. The summed E-state index contributed by atoms with van der Waals surface area (Å²) in [5.74, 6) is 1.42. The van der Waals surface area contributed by atoms with Gasteiger partial charge in [-0.15, -0.1) is 0 Å². The van der Waals surface area contributed by atoms with Crippen LogP contribution in [0.5, 0.6) is 0 Å². The summed E-state index contributed by atoms with van der Waals surface area (Å²) in [7, 11) is -0.968. The van der Waals surface area contributed by atoms with Gasteiger partial charge in [0, 0.05) is 19.5 Å². The quantitative estimate of drug-likeness (QED) is 0.718. The number of rotatable bonds is 6. The number of sulfone groups is 1. The number of hydrogen-bond donors (Lipinski definition) is 0. The molecule has 136 valence electrons. The van der Waals surface area contributed by atoms with Gasteiger partial charge < -0.3 is 4.57 Å². The van der Waals surface area contributed by atoms with Crippen molar-refractivity contribution in [1.29, 1.82) is 0 Å². The van der Waals surface area contributed by atoms with Crippen LogP contribution in [0.3, 0.4) is 0 Å². The lowest BCUT2D eigenvalue weighted by molar-refractivity contribution is 0.163. The molecule has 6 nitrogen and oxygen atoms in total. The second-order valence-electron chi connectivity index (χ2n) is 6.52. The topological polar surface area (TPSA) is 60.1 Å². The van der Waals surface area contributed by atoms with Gasteiger partial charge in [0.2, 0.25) is 0 Å². The molecule has 25 heavy (non-hydrogen) atoms. The van der Waals surface area contributed by atoms with E-state index in [4.69, 9.17) is 12.2 Å². The second-order valence-corrected chi connectivity index (χ2v) is 9.12. The number of aromatic nitrogens is 3. The van der Waals surface area contributed by atoms with E-state index >= 15 is 0 Å². The summed E-state index contributed by atoms with van der Waals surface area (Å²) >= 11 is 5.53. The molecule has 1 aromatic carbocycles. The van der Waals surface area contributed by atoms with Gasteiger partial charge in [0.25, 0.3) is 0 Å². The van der Waals surface area contributed by atoms with Crippen LogP contribution in [0, 0.1) is 4.77 Å². The molecule has 1 aromatic heterocycles. The van der Waals surface area contributed by atoms with Crippen molar-refractivity contribution in [2.75, 3.05) is 18.1 Å². The van der Waals surface area contributed by atoms with E-state index in [9.17, 15) is 8.42 Å². The fourth-order valence-corrected chi connectivity index (χ4v) is 5.23. The van der Waals surface area contributed by atoms with Crippen LogP contribution in [-0.4, -0.2) is 51.8 Å². The number of benzene rings is 1. The summed E-state index contributed by atoms with van der Waals surface area (Å²) in [6, 6.07) is 10.2. The van der Waals surface area contributed by atoms with Crippen LogP contribution >= 0.6 is 12.2 Å². The SMILES string of the molecule is CCN(Cn1nc(Cc2ccccc2)n(C)c1=S)[C@H]1CCS(=O)(=O)C1. The summed E-state index contributed by atoms with van der Waals surface area (Å²) in [6.45, 7) is 3.34. The van der Waals surface area contributed by atoms with Crippen LogP contribution in [0.25, 0.3) is 0 Å². The van der Waals surface area contributed by atoms with E-state index in [0.717, 1.165) is 18.8 Å². The van der Waals surface area contributed by atoms with Crippen LogP contribution in [0.1, 0.15) is 24.7 Å². The van der Waals surface area contributed by atoms with E-state index in [2.05, 4.69) is 22.1 Å². The van der Waals surface area contributed by atoms with E-state index in [1.807, 2.05) is 41.4 Å². The predicted molar refractivity (Wildman–Crippen MR) is 101 cm³/mol.